The van der Waals surface area contributed by atoms with Crippen molar-refractivity contribution in [2.45, 2.75) is 32.1 Å². The normalized spacial score (nSPS) is 16.6. The van der Waals surface area contributed by atoms with E-state index in [-0.39, 0.29) is 39.7 Å². The summed E-state index contributed by atoms with van der Waals surface area (Å²) in [5, 5.41) is -0.103. The quantitative estimate of drug-likeness (QED) is 0.548. The van der Waals surface area contributed by atoms with Crippen LogP contribution in [0.3, 0.4) is 0 Å². The molecule has 0 saturated carbocycles. The topological polar surface area (TPSA) is 80.8 Å². The fourth-order valence-electron chi connectivity index (χ4n) is 3.19. The number of benzene rings is 1. The average Bonchev–Trinajstić information content (AvgIpc) is 2.93. The van der Waals surface area contributed by atoms with Gasteiger partial charge in [0.1, 0.15) is 0 Å². The third-order valence-corrected chi connectivity index (χ3v) is 5.81. The molecular weight excluding hydrogens is 390 g/mol. The zero-order valence-electron chi connectivity index (χ0n) is 14.7. The standard InChI is InChI=1S/C19H18ClNO5S/c1-26-16(22)8-9-27-19(25)14-10-11(6-7-15(14)20)21-17(23)12-4-2-3-5-13(12)18(21)24/h6-7,10H,2-5,8-9H2,1H3. The molecule has 0 aromatic heterocycles. The van der Waals surface area contributed by atoms with E-state index in [1.54, 1.807) is 6.07 Å². The van der Waals surface area contributed by atoms with Gasteiger partial charge in [-0.25, -0.2) is 4.90 Å². The van der Waals surface area contributed by atoms with Crippen LogP contribution in [0.1, 0.15) is 42.5 Å². The Hall–Kier alpha value is -2.12. The molecule has 1 aromatic carbocycles. The fourth-order valence-corrected chi connectivity index (χ4v) is 4.23. The first-order valence-corrected chi connectivity index (χ1v) is 9.94. The lowest BCUT2D eigenvalue weighted by molar-refractivity contribution is -0.140. The van der Waals surface area contributed by atoms with Crippen LogP contribution in [-0.2, 0) is 19.1 Å². The summed E-state index contributed by atoms with van der Waals surface area (Å²) >= 11 is 7.07. The minimum absolute atomic E-state index is 0.101. The Labute approximate surface area is 165 Å². The maximum atomic E-state index is 12.7. The summed E-state index contributed by atoms with van der Waals surface area (Å²) in [5.74, 6) is -0.772. The number of carbonyl (C=O) groups excluding carboxylic acids is 4. The van der Waals surface area contributed by atoms with E-state index in [1.807, 2.05) is 0 Å². The van der Waals surface area contributed by atoms with Crippen molar-refractivity contribution in [2.75, 3.05) is 17.8 Å². The van der Waals surface area contributed by atoms with Gasteiger partial charge < -0.3 is 4.74 Å². The van der Waals surface area contributed by atoms with Crippen LogP contribution in [0.15, 0.2) is 29.3 Å². The smallest absolute Gasteiger partial charge is 0.306 e. The first-order valence-electron chi connectivity index (χ1n) is 8.58. The van der Waals surface area contributed by atoms with Crippen LogP contribution >= 0.6 is 23.4 Å². The third-order valence-electron chi connectivity index (χ3n) is 4.59. The number of hydrogen-bond acceptors (Lipinski definition) is 6. The zero-order chi connectivity index (χ0) is 19.6. The van der Waals surface area contributed by atoms with Gasteiger partial charge in [-0.15, -0.1) is 0 Å². The van der Waals surface area contributed by atoms with E-state index >= 15 is 0 Å². The second-order valence-corrected chi connectivity index (χ2v) is 7.71. The molecule has 6 nitrogen and oxygen atoms in total. The van der Waals surface area contributed by atoms with Crippen molar-refractivity contribution in [1.29, 1.82) is 0 Å². The van der Waals surface area contributed by atoms with Crippen LogP contribution in [0.25, 0.3) is 0 Å². The highest BCUT2D eigenvalue weighted by molar-refractivity contribution is 8.14. The molecule has 1 aromatic rings. The number of esters is 1. The molecule has 27 heavy (non-hydrogen) atoms. The number of anilines is 1. The average molecular weight is 408 g/mol. The van der Waals surface area contributed by atoms with E-state index < -0.39 is 5.97 Å². The zero-order valence-corrected chi connectivity index (χ0v) is 16.3. The molecule has 0 fully saturated rings. The van der Waals surface area contributed by atoms with Gasteiger partial charge in [-0.05, 0) is 43.9 Å². The molecule has 8 heteroatoms. The van der Waals surface area contributed by atoms with E-state index in [4.69, 9.17) is 11.6 Å². The molecule has 0 radical (unpaired) electrons. The Morgan fingerprint density at radius 3 is 2.37 bits per heavy atom. The maximum absolute atomic E-state index is 12.7. The number of hydrogen-bond donors (Lipinski definition) is 0. The van der Waals surface area contributed by atoms with E-state index in [1.165, 1.54) is 19.2 Å². The van der Waals surface area contributed by atoms with Gasteiger partial charge in [-0.2, -0.15) is 0 Å². The van der Waals surface area contributed by atoms with Gasteiger partial charge >= 0.3 is 5.97 Å². The predicted octanol–water partition coefficient (Wildman–Crippen LogP) is 3.52. The number of methoxy groups -OCH3 is 1. The highest BCUT2D eigenvalue weighted by atomic mass is 35.5. The van der Waals surface area contributed by atoms with Crippen LogP contribution in [0.2, 0.25) is 5.02 Å². The largest absolute Gasteiger partial charge is 0.469 e. The number of nitrogens with zero attached hydrogens (tertiary/aromatic N) is 1. The monoisotopic (exact) mass is 407 g/mol. The summed E-state index contributed by atoms with van der Waals surface area (Å²) in [7, 11) is 1.28. The number of rotatable bonds is 5. The van der Waals surface area contributed by atoms with Crippen molar-refractivity contribution >= 4 is 51.9 Å². The van der Waals surface area contributed by atoms with Gasteiger partial charge in [0.2, 0.25) is 5.12 Å². The SMILES string of the molecule is COC(=O)CCSC(=O)c1cc(N2C(=O)C3=C(CCCC3)C2=O)ccc1Cl. The molecule has 0 unspecified atom stereocenters. The van der Waals surface area contributed by atoms with Crippen molar-refractivity contribution in [3.8, 4) is 0 Å². The number of imide groups is 1. The second kappa shape index (κ2) is 8.27. The molecule has 0 atom stereocenters. The van der Waals surface area contributed by atoms with Gasteiger partial charge in [0, 0.05) is 22.5 Å². The van der Waals surface area contributed by atoms with Crippen molar-refractivity contribution in [2.24, 2.45) is 0 Å². The Morgan fingerprint density at radius 1 is 1.15 bits per heavy atom. The Balaban J connectivity index is 1.80. The van der Waals surface area contributed by atoms with Gasteiger partial charge in [-0.3, -0.25) is 19.2 Å². The second-order valence-electron chi connectivity index (χ2n) is 6.24. The number of thioether (sulfide) groups is 1. The molecule has 142 valence electrons. The molecule has 2 amide bonds. The molecule has 0 spiro atoms. The van der Waals surface area contributed by atoms with E-state index in [0.29, 0.717) is 29.7 Å². The molecule has 2 aliphatic rings. The van der Waals surface area contributed by atoms with Crippen molar-refractivity contribution in [3.05, 3.63) is 39.9 Å². The summed E-state index contributed by atoms with van der Waals surface area (Å²) < 4.78 is 4.54. The van der Waals surface area contributed by atoms with Crippen LogP contribution in [0.5, 0.6) is 0 Å². The Morgan fingerprint density at radius 2 is 1.78 bits per heavy atom. The van der Waals surface area contributed by atoms with Crippen LogP contribution in [0.4, 0.5) is 5.69 Å². The molecular formula is C19H18ClNO5S. The lowest BCUT2D eigenvalue weighted by Crippen LogP contribution is -2.31. The van der Waals surface area contributed by atoms with E-state index in [9.17, 15) is 19.2 Å². The highest BCUT2D eigenvalue weighted by Crippen LogP contribution is 2.37. The number of halogens is 1. The van der Waals surface area contributed by atoms with Crippen LogP contribution in [0, 0.1) is 0 Å². The van der Waals surface area contributed by atoms with Gasteiger partial charge in [0.25, 0.3) is 11.8 Å². The van der Waals surface area contributed by atoms with Crippen LogP contribution < -0.4 is 4.90 Å². The number of amides is 2. The van der Waals surface area contributed by atoms with Crippen molar-refractivity contribution in [3.63, 3.8) is 0 Å². The van der Waals surface area contributed by atoms with E-state index in [2.05, 4.69) is 4.74 Å². The summed E-state index contributed by atoms with van der Waals surface area (Å²) in [6, 6.07) is 4.53. The van der Waals surface area contributed by atoms with Gasteiger partial charge in [0.05, 0.1) is 24.2 Å². The summed E-state index contributed by atoms with van der Waals surface area (Å²) in [6.45, 7) is 0. The first kappa shape index (κ1) is 19.6. The highest BCUT2D eigenvalue weighted by Gasteiger charge is 2.39. The predicted molar refractivity (Wildman–Crippen MR) is 103 cm³/mol. The fraction of sp³-hybridized carbons (Fsp3) is 0.368. The minimum Gasteiger partial charge on any atom is -0.469 e. The Bertz CT molecular complexity index is 836. The Kier molecular flexibility index (Phi) is 6.01. The minimum atomic E-state index is -0.403. The first-order chi connectivity index (χ1) is 12.9. The molecule has 0 bridgehead atoms. The van der Waals surface area contributed by atoms with E-state index in [0.717, 1.165) is 29.5 Å². The third kappa shape index (κ3) is 3.94. The summed E-state index contributed by atoms with van der Waals surface area (Å²) in [4.78, 5) is 50.1. The maximum Gasteiger partial charge on any atom is 0.306 e. The summed E-state index contributed by atoms with van der Waals surface area (Å²) in [6.07, 6.45) is 3.11. The molecule has 3 rings (SSSR count). The lowest BCUT2D eigenvalue weighted by atomic mass is 9.93. The van der Waals surface area contributed by atoms with Crippen molar-refractivity contribution < 1.29 is 23.9 Å². The molecule has 0 N–H and O–H groups in total. The number of carbonyl (C=O) groups is 4. The summed E-state index contributed by atoms with van der Waals surface area (Å²) in [5.41, 5.74) is 1.71. The van der Waals surface area contributed by atoms with Gasteiger partial charge in [-0.1, -0.05) is 23.4 Å². The van der Waals surface area contributed by atoms with Gasteiger partial charge in [0.15, 0.2) is 0 Å². The molecule has 1 aliphatic heterocycles. The number of ether oxygens (including phenoxy) is 1. The molecule has 0 saturated heterocycles. The van der Waals surface area contributed by atoms with Crippen LogP contribution in [-0.4, -0.2) is 35.8 Å². The molecule has 1 heterocycles. The van der Waals surface area contributed by atoms with Crippen molar-refractivity contribution in [1.82, 2.24) is 0 Å². The molecule has 1 aliphatic carbocycles. The lowest BCUT2D eigenvalue weighted by Gasteiger charge is -2.16.